The molecule has 0 aromatic carbocycles. The molecule has 27 heavy (non-hydrogen) atoms. The molecule has 1 saturated carbocycles. The molecule has 1 aliphatic carbocycles. The van der Waals surface area contributed by atoms with Crippen LogP contribution in [0.2, 0.25) is 0 Å². The average molecular weight is 372 g/mol. The lowest BCUT2D eigenvalue weighted by Crippen LogP contribution is -2.37. The zero-order valence-electron chi connectivity index (χ0n) is 15.4. The van der Waals surface area contributed by atoms with Gasteiger partial charge in [-0.25, -0.2) is 9.97 Å². The van der Waals surface area contributed by atoms with Crippen LogP contribution in [0.1, 0.15) is 34.8 Å². The summed E-state index contributed by atoms with van der Waals surface area (Å²) >= 11 is 0. The van der Waals surface area contributed by atoms with Gasteiger partial charge >= 0.3 is 0 Å². The van der Waals surface area contributed by atoms with Crippen molar-refractivity contribution < 1.29 is 13.9 Å². The second-order valence-corrected chi connectivity index (χ2v) is 6.83. The maximum absolute atomic E-state index is 12.1. The highest BCUT2D eigenvalue weighted by molar-refractivity contribution is 5.92. The van der Waals surface area contributed by atoms with Crippen LogP contribution in [0.15, 0.2) is 16.9 Å². The van der Waals surface area contributed by atoms with E-state index in [1.807, 2.05) is 6.07 Å². The van der Waals surface area contributed by atoms with Gasteiger partial charge in [0.2, 0.25) is 11.7 Å². The molecule has 1 aliphatic heterocycles. The molecule has 1 amide bonds. The zero-order valence-corrected chi connectivity index (χ0v) is 15.4. The summed E-state index contributed by atoms with van der Waals surface area (Å²) in [5.74, 6) is 1.56. The lowest BCUT2D eigenvalue weighted by molar-refractivity contribution is 0.0925. The van der Waals surface area contributed by atoms with E-state index >= 15 is 0 Å². The third-order valence-electron chi connectivity index (χ3n) is 4.63. The quantitative estimate of drug-likeness (QED) is 0.746. The normalized spacial score (nSPS) is 17.0. The van der Waals surface area contributed by atoms with E-state index in [4.69, 9.17) is 9.15 Å². The summed E-state index contributed by atoms with van der Waals surface area (Å²) < 4.78 is 10.6. The molecule has 9 heteroatoms. The molecular weight excluding hydrogens is 348 g/mol. The maximum Gasteiger partial charge on any atom is 0.289 e. The number of nitrogens with zero attached hydrogens (tertiary/aromatic N) is 4. The molecule has 0 bridgehead atoms. The van der Waals surface area contributed by atoms with Crippen LogP contribution in [0.25, 0.3) is 0 Å². The third kappa shape index (κ3) is 4.54. The van der Waals surface area contributed by atoms with Crippen LogP contribution in [-0.4, -0.2) is 59.7 Å². The first-order valence-electron chi connectivity index (χ1n) is 9.34. The highest BCUT2D eigenvalue weighted by Crippen LogP contribution is 2.24. The van der Waals surface area contributed by atoms with Gasteiger partial charge in [0.05, 0.1) is 18.9 Å². The van der Waals surface area contributed by atoms with E-state index in [9.17, 15) is 4.79 Å². The molecular formula is C18H24N6O3. The van der Waals surface area contributed by atoms with Crippen molar-refractivity contribution in [3.63, 3.8) is 0 Å². The molecule has 2 fully saturated rings. The van der Waals surface area contributed by atoms with Crippen LogP contribution in [0, 0.1) is 6.92 Å². The Morgan fingerprint density at radius 1 is 1.30 bits per heavy atom. The van der Waals surface area contributed by atoms with Crippen molar-refractivity contribution in [2.24, 2.45) is 0 Å². The highest BCUT2D eigenvalue weighted by atomic mass is 16.5. The number of amides is 1. The maximum atomic E-state index is 12.1. The molecule has 1 saturated heterocycles. The number of aryl methyl sites for hydroxylation is 1. The fourth-order valence-electron chi connectivity index (χ4n) is 2.94. The second-order valence-electron chi connectivity index (χ2n) is 6.83. The molecule has 4 rings (SSSR count). The van der Waals surface area contributed by atoms with E-state index in [1.54, 1.807) is 6.92 Å². The number of rotatable bonds is 7. The standard InChI is InChI=1S/C18H24N6O3/c1-12-16(27-11-20-12)17(25)19-5-4-14-10-15(24-6-8-26-9-7-24)23-18(22-14)21-13-2-3-13/h10-11,13H,2-9H2,1H3,(H,19,25)(H,21,22,23). The Hall–Kier alpha value is -2.68. The second kappa shape index (κ2) is 7.91. The Morgan fingerprint density at radius 2 is 2.11 bits per heavy atom. The Balaban J connectivity index is 1.42. The zero-order chi connectivity index (χ0) is 18.6. The van der Waals surface area contributed by atoms with Gasteiger partial charge in [-0.3, -0.25) is 4.79 Å². The van der Waals surface area contributed by atoms with Crippen molar-refractivity contribution in [2.45, 2.75) is 32.2 Å². The Kier molecular flexibility index (Phi) is 5.19. The van der Waals surface area contributed by atoms with Gasteiger partial charge in [-0.1, -0.05) is 0 Å². The molecule has 3 heterocycles. The van der Waals surface area contributed by atoms with E-state index in [0.717, 1.165) is 37.4 Å². The Labute approximate surface area is 157 Å². The number of morpholine rings is 1. The van der Waals surface area contributed by atoms with Crippen LogP contribution in [-0.2, 0) is 11.2 Å². The van der Waals surface area contributed by atoms with Gasteiger partial charge in [-0.15, -0.1) is 0 Å². The molecule has 0 spiro atoms. The van der Waals surface area contributed by atoms with E-state index in [-0.39, 0.29) is 11.7 Å². The summed E-state index contributed by atoms with van der Waals surface area (Å²) in [6.07, 6.45) is 4.21. The first kappa shape index (κ1) is 17.7. The first-order valence-corrected chi connectivity index (χ1v) is 9.34. The van der Waals surface area contributed by atoms with E-state index in [0.29, 0.717) is 43.9 Å². The number of carbonyl (C=O) groups excluding carboxylic acids is 1. The number of hydrogen-bond donors (Lipinski definition) is 2. The summed E-state index contributed by atoms with van der Waals surface area (Å²) in [6.45, 7) is 5.25. The largest absolute Gasteiger partial charge is 0.438 e. The molecule has 0 unspecified atom stereocenters. The van der Waals surface area contributed by atoms with Crippen molar-refractivity contribution in [3.8, 4) is 0 Å². The fraction of sp³-hybridized carbons (Fsp3) is 0.556. The lowest BCUT2D eigenvalue weighted by Gasteiger charge is -2.28. The van der Waals surface area contributed by atoms with Crippen LogP contribution in [0.4, 0.5) is 11.8 Å². The van der Waals surface area contributed by atoms with Crippen molar-refractivity contribution >= 4 is 17.7 Å². The monoisotopic (exact) mass is 372 g/mol. The Bertz CT molecular complexity index is 798. The van der Waals surface area contributed by atoms with E-state index in [1.165, 1.54) is 6.39 Å². The highest BCUT2D eigenvalue weighted by Gasteiger charge is 2.23. The van der Waals surface area contributed by atoms with Gasteiger partial charge < -0.3 is 24.7 Å². The number of hydrogen-bond acceptors (Lipinski definition) is 8. The minimum absolute atomic E-state index is 0.253. The number of oxazole rings is 1. The lowest BCUT2D eigenvalue weighted by atomic mass is 10.2. The minimum atomic E-state index is -0.260. The van der Waals surface area contributed by atoms with E-state index in [2.05, 4.69) is 30.5 Å². The topological polar surface area (TPSA) is 105 Å². The number of aromatic nitrogens is 3. The van der Waals surface area contributed by atoms with Crippen molar-refractivity contribution in [1.29, 1.82) is 0 Å². The van der Waals surface area contributed by atoms with E-state index < -0.39 is 0 Å². The van der Waals surface area contributed by atoms with Crippen LogP contribution < -0.4 is 15.5 Å². The van der Waals surface area contributed by atoms with Crippen molar-refractivity contribution in [3.05, 3.63) is 29.6 Å². The predicted molar refractivity (Wildman–Crippen MR) is 99.0 cm³/mol. The van der Waals surface area contributed by atoms with Gasteiger partial charge in [-0.05, 0) is 19.8 Å². The van der Waals surface area contributed by atoms with Gasteiger partial charge in [0.1, 0.15) is 5.82 Å². The van der Waals surface area contributed by atoms with Crippen LogP contribution >= 0.6 is 0 Å². The molecule has 2 aromatic heterocycles. The molecule has 2 aromatic rings. The molecule has 2 aliphatic rings. The summed E-state index contributed by atoms with van der Waals surface area (Å²) in [7, 11) is 0. The Morgan fingerprint density at radius 3 is 2.81 bits per heavy atom. The van der Waals surface area contributed by atoms with Crippen LogP contribution in [0.5, 0.6) is 0 Å². The summed E-state index contributed by atoms with van der Waals surface area (Å²) in [5.41, 5.74) is 1.48. The number of anilines is 2. The number of carbonyl (C=O) groups is 1. The number of nitrogens with one attached hydrogen (secondary N) is 2. The fourth-order valence-corrected chi connectivity index (χ4v) is 2.94. The molecule has 144 valence electrons. The molecule has 0 radical (unpaired) electrons. The third-order valence-corrected chi connectivity index (χ3v) is 4.63. The van der Waals surface area contributed by atoms with Crippen molar-refractivity contribution in [1.82, 2.24) is 20.3 Å². The molecule has 9 nitrogen and oxygen atoms in total. The minimum Gasteiger partial charge on any atom is -0.438 e. The van der Waals surface area contributed by atoms with Gasteiger partial charge in [-0.2, -0.15) is 4.98 Å². The van der Waals surface area contributed by atoms with Crippen molar-refractivity contribution in [2.75, 3.05) is 43.1 Å². The average Bonchev–Trinajstić information content (AvgIpc) is 3.39. The van der Waals surface area contributed by atoms with Gasteiger partial charge in [0.15, 0.2) is 6.39 Å². The van der Waals surface area contributed by atoms with Crippen LogP contribution in [0.3, 0.4) is 0 Å². The number of ether oxygens (including phenoxy) is 1. The molecule has 2 N–H and O–H groups in total. The SMILES string of the molecule is Cc1ncoc1C(=O)NCCc1cc(N2CCOCC2)nc(NC2CC2)n1. The first-order chi connectivity index (χ1) is 13.2. The summed E-state index contributed by atoms with van der Waals surface area (Å²) in [6, 6.07) is 2.47. The molecule has 0 atom stereocenters. The predicted octanol–water partition coefficient (Wildman–Crippen LogP) is 1.16. The van der Waals surface area contributed by atoms with Gasteiger partial charge in [0.25, 0.3) is 5.91 Å². The smallest absolute Gasteiger partial charge is 0.289 e. The van der Waals surface area contributed by atoms with Gasteiger partial charge in [0, 0.05) is 43.9 Å². The summed E-state index contributed by atoms with van der Waals surface area (Å²) in [5, 5.41) is 6.23. The summed E-state index contributed by atoms with van der Waals surface area (Å²) in [4.78, 5) is 27.6.